The van der Waals surface area contributed by atoms with E-state index >= 15 is 0 Å². The van der Waals surface area contributed by atoms with E-state index in [9.17, 15) is 10.2 Å². The first kappa shape index (κ1) is 11.4. The van der Waals surface area contributed by atoms with Crippen molar-refractivity contribution in [2.75, 3.05) is 14.1 Å². The van der Waals surface area contributed by atoms with Crippen molar-refractivity contribution < 1.29 is 14.7 Å². The zero-order chi connectivity index (χ0) is 12.4. The van der Waals surface area contributed by atoms with Crippen molar-refractivity contribution in [2.45, 2.75) is 6.54 Å². The van der Waals surface area contributed by atoms with Crippen LogP contribution in [0.5, 0.6) is 11.5 Å². The van der Waals surface area contributed by atoms with Gasteiger partial charge in [0.05, 0.1) is 6.54 Å². The van der Waals surface area contributed by atoms with Crippen LogP contribution in [0.15, 0.2) is 22.7 Å². The first-order valence-electron chi connectivity index (χ1n) is 5.06. The topological polar surface area (TPSA) is 82.6 Å². The molecule has 6 heteroatoms. The second-order valence-electron chi connectivity index (χ2n) is 3.92. The fourth-order valence-corrected chi connectivity index (χ4v) is 1.45. The lowest BCUT2D eigenvalue weighted by Crippen LogP contribution is -2.11. The first-order valence-corrected chi connectivity index (χ1v) is 5.06. The summed E-state index contributed by atoms with van der Waals surface area (Å²) in [5, 5.41) is 23.0. The monoisotopic (exact) mass is 235 g/mol. The van der Waals surface area contributed by atoms with Crippen LogP contribution in [0.1, 0.15) is 5.82 Å². The summed E-state index contributed by atoms with van der Waals surface area (Å²) in [6.07, 6.45) is 0. The lowest BCUT2D eigenvalue weighted by Gasteiger charge is -2.03. The van der Waals surface area contributed by atoms with Gasteiger partial charge in [0.2, 0.25) is 0 Å². The van der Waals surface area contributed by atoms with E-state index in [0.29, 0.717) is 12.4 Å². The van der Waals surface area contributed by atoms with Gasteiger partial charge in [-0.05, 0) is 26.2 Å². The van der Waals surface area contributed by atoms with E-state index in [4.69, 9.17) is 4.52 Å². The van der Waals surface area contributed by atoms with Crippen molar-refractivity contribution in [3.8, 4) is 23.0 Å². The summed E-state index contributed by atoms with van der Waals surface area (Å²) in [6, 6.07) is 4.43. The van der Waals surface area contributed by atoms with Gasteiger partial charge in [-0.2, -0.15) is 4.98 Å². The highest BCUT2D eigenvalue weighted by atomic mass is 16.5. The van der Waals surface area contributed by atoms with Crippen LogP contribution in [-0.2, 0) is 6.54 Å². The number of aromatic nitrogens is 2. The maximum atomic E-state index is 9.64. The van der Waals surface area contributed by atoms with Gasteiger partial charge in [-0.25, -0.2) is 0 Å². The van der Waals surface area contributed by atoms with Gasteiger partial charge in [0.1, 0.15) is 17.1 Å². The largest absolute Gasteiger partial charge is 0.507 e. The molecular weight excluding hydrogens is 222 g/mol. The van der Waals surface area contributed by atoms with Gasteiger partial charge in [0.15, 0.2) is 5.82 Å². The molecule has 0 saturated carbocycles. The van der Waals surface area contributed by atoms with Crippen molar-refractivity contribution in [2.24, 2.45) is 0 Å². The molecule has 1 heterocycles. The predicted octanol–water partition coefficient (Wildman–Crippen LogP) is 1.21. The van der Waals surface area contributed by atoms with Gasteiger partial charge in [0, 0.05) is 0 Å². The number of hydrogen-bond donors (Lipinski definition) is 2. The molecule has 0 aliphatic carbocycles. The molecule has 0 amide bonds. The van der Waals surface area contributed by atoms with Gasteiger partial charge in [-0.15, -0.1) is 0 Å². The minimum Gasteiger partial charge on any atom is -0.507 e. The van der Waals surface area contributed by atoms with Crippen molar-refractivity contribution in [3.05, 3.63) is 24.0 Å². The lowest BCUT2D eigenvalue weighted by molar-refractivity contribution is 0.364. The molecule has 0 spiro atoms. The van der Waals surface area contributed by atoms with E-state index in [0.717, 1.165) is 0 Å². The molecule has 6 nitrogen and oxygen atoms in total. The maximum Gasteiger partial charge on any atom is 0.265 e. The fourth-order valence-electron chi connectivity index (χ4n) is 1.45. The highest BCUT2D eigenvalue weighted by molar-refractivity contribution is 5.69. The van der Waals surface area contributed by atoms with Crippen LogP contribution in [0.2, 0.25) is 0 Å². The normalized spacial score (nSPS) is 11.0. The molecule has 2 rings (SSSR count). The number of rotatable bonds is 3. The Bertz CT molecular complexity index is 502. The Hall–Kier alpha value is -2.08. The van der Waals surface area contributed by atoms with Crippen LogP contribution in [0, 0.1) is 0 Å². The Morgan fingerprint density at radius 3 is 2.47 bits per heavy atom. The molecule has 0 unspecified atom stereocenters. The highest BCUT2D eigenvalue weighted by Crippen LogP contribution is 2.35. The molecule has 17 heavy (non-hydrogen) atoms. The van der Waals surface area contributed by atoms with Gasteiger partial charge in [-0.3, -0.25) is 0 Å². The zero-order valence-corrected chi connectivity index (χ0v) is 9.58. The van der Waals surface area contributed by atoms with Crippen molar-refractivity contribution in [1.82, 2.24) is 15.0 Å². The number of aromatic hydroxyl groups is 2. The molecule has 0 saturated heterocycles. The molecule has 0 radical (unpaired) electrons. The molecule has 2 N–H and O–H groups in total. The Balaban J connectivity index is 2.37. The van der Waals surface area contributed by atoms with Gasteiger partial charge in [-0.1, -0.05) is 11.2 Å². The number of benzene rings is 1. The van der Waals surface area contributed by atoms with E-state index in [1.807, 2.05) is 19.0 Å². The van der Waals surface area contributed by atoms with Crippen LogP contribution in [0.25, 0.3) is 11.5 Å². The number of hydrogen-bond acceptors (Lipinski definition) is 6. The Morgan fingerprint density at radius 2 is 1.88 bits per heavy atom. The quantitative estimate of drug-likeness (QED) is 0.832. The van der Waals surface area contributed by atoms with Gasteiger partial charge in [0.25, 0.3) is 5.89 Å². The fraction of sp³-hybridized carbons (Fsp3) is 0.273. The summed E-state index contributed by atoms with van der Waals surface area (Å²) in [7, 11) is 3.76. The maximum absolute atomic E-state index is 9.64. The summed E-state index contributed by atoms with van der Waals surface area (Å²) in [6.45, 7) is 0.526. The zero-order valence-electron chi connectivity index (χ0n) is 9.58. The Morgan fingerprint density at radius 1 is 1.24 bits per heavy atom. The van der Waals surface area contributed by atoms with E-state index in [-0.39, 0.29) is 23.0 Å². The minimum absolute atomic E-state index is 0.0925. The van der Waals surface area contributed by atoms with E-state index < -0.39 is 0 Å². The van der Waals surface area contributed by atoms with Crippen molar-refractivity contribution in [3.63, 3.8) is 0 Å². The van der Waals surface area contributed by atoms with Crippen LogP contribution >= 0.6 is 0 Å². The number of phenolic OH excluding ortho intramolecular Hbond substituents is 2. The molecule has 0 fully saturated rings. The lowest BCUT2D eigenvalue weighted by atomic mass is 10.2. The summed E-state index contributed by atoms with van der Waals surface area (Å²) in [5.41, 5.74) is 0.157. The first-order chi connectivity index (χ1) is 8.08. The Kier molecular flexibility index (Phi) is 2.97. The number of phenols is 2. The molecule has 0 aliphatic rings. The second kappa shape index (κ2) is 4.42. The molecule has 0 bridgehead atoms. The third-order valence-electron chi connectivity index (χ3n) is 2.16. The molecular formula is C11H13N3O3. The van der Waals surface area contributed by atoms with E-state index in [1.165, 1.54) is 18.2 Å². The third kappa shape index (κ3) is 2.36. The summed E-state index contributed by atoms with van der Waals surface area (Å²) < 4.78 is 5.01. The third-order valence-corrected chi connectivity index (χ3v) is 2.16. The van der Waals surface area contributed by atoms with Gasteiger partial charge < -0.3 is 19.6 Å². The molecule has 0 atom stereocenters. The molecule has 90 valence electrons. The van der Waals surface area contributed by atoms with Gasteiger partial charge >= 0.3 is 0 Å². The van der Waals surface area contributed by atoms with Crippen LogP contribution in [0.4, 0.5) is 0 Å². The predicted molar refractivity (Wildman–Crippen MR) is 60.5 cm³/mol. The SMILES string of the molecule is CN(C)Cc1noc(-c2c(O)cccc2O)n1. The molecule has 0 aliphatic heterocycles. The van der Waals surface area contributed by atoms with Crippen molar-refractivity contribution >= 4 is 0 Å². The average molecular weight is 235 g/mol. The van der Waals surface area contributed by atoms with Crippen LogP contribution in [-0.4, -0.2) is 39.3 Å². The molecule has 1 aromatic heterocycles. The second-order valence-corrected chi connectivity index (χ2v) is 3.92. The minimum atomic E-state index is -0.0925. The summed E-state index contributed by atoms with van der Waals surface area (Å²) in [5.74, 6) is 0.417. The number of nitrogens with zero attached hydrogens (tertiary/aromatic N) is 3. The smallest absolute Gasteiger partial charge is 0.265 e. The summed E-state index contributed by atoms with van der Waals surface area (Å²) in [4.78, 5) is 5.99. The molecule has 1 aromatic carbocycles. The van der Waals surface area contributed by atoms with Crippen LogP contribution in [0.3, 0.4) is 0 Å². The molecule has 2 aromatic rings. The van der Waals surface area contributed by atoms with E-state index in [2.05, 4.69) is 10.1 Å². The summed E-state index contributed by atoms with van der Waals surface area (Å²) >= 11 is 0. The standard InChI is InChI=1S/C11H13N3O3/c1-14(2)6-9-12-11(17-13-9)10-7(15)4-3-5-8(10)16/h3-5,15-16H,6H2,1-2H3. The highest BCUT2D eigenvalue weighted by Gasteiger charge is 2.17. The van der Waals surface area contributed by atoms with Crippen LogP contribution < -0.4 is 0 Å². The van der Waals surface area contributed by atoms with Crippen molar-refractivity contribution in [1.29, 1.82) is 0 Å². The van der Waals surface area contributed by atoms with E-state index in [1.54, 1.807) is 0 Å². The Labute approximate surface area is 98.1 Å². The average Bonchev–Trinajstić information content (AvgIpc) is 2.65.